The molecule has 0 bridgehead atoms. The van der Waals surface area contributed by atoms with Gasteiger partial charge >= 0.3 is 5.97 Å². The van der Waals surface area contributed by atoms with Crippen LogP contribution in [0.1, 0.15) is 32.1 Å². The van der Waals surface area contributed by atoms with E-state index < -0.39 is 5.97 Å². The number of carbonyl (C=O) groups excluding carboxylic acids is 1. The lowest BCUT2D eigenvalue weighted by atomic mass is 9.98. The first-order valence-electron chi connectivity index (χ1n) is 4.54. The lowest BCUT2D eigenvalue weighted by Crippen LogP contribution is -2.21. The van der Waals surface area contributed by atoms with Crippen LogP contribution < -0.4 is 0 Å². The predicted molar refractivity (Wildman–Crippen MR) is 47.7 cm³/mol. The van der Waals surface area contributed by atoms with Gasteiger partial charge in [-0.3, -0.25) is 0 Å². The minimum absolute atomic E-state index is 0.00588. The van der Waals surface area contributed by atoms with Crippen molar-refractivity contribution in [2.45, 2.75) is 38.2 Å². The van der Waals surface area contributed by atoms with Crippen LogP contribution in [0.25, 0.3) is 0 Å². The van der Waals surface area contributed by atoms with Crippen molar-refractivity contribution < 1.29 is 9.53 Å². The van der Waals surface area contributed by atoms with Crippen molar-refractivity contribution in [3.8, 4) is 6.07 Å². The van der Waals surface area contributed by atoms with Crippen LogP contribution in [0, 0.1) is 11.3 Å². The summed E-state index contributed by atoms with van der Waals surface area (Å²) in [4.78, 5) is 11.1. The van der Waals surface area contributed by atoms with Gasteiger partial charge in [0.25, 0.3) is 0 Å². The van der Waals surface area contributed by atoms with Gasteiger partial charge in [0.15, 0.2) is 0 Å². The van der Waals surface area contributed by atoms with E-state index in [1.807, 2.05) is 0 Å². The molecule has 1 aliphatic carbocycles. The average Bonchev–Trinajstić information content (AvgIpc) is 2.18. The quantitative estimate of drug-likeness (QED) is 0.370. The predicted octanol–water partition coefficient (Wildman–Crippen LogP) is 1.94. The first-order chi connectivity index (χ1) is 6.24. The Hall–Kier alpha value is -1.30. The zero-order valence-corrected chi connectivity index (χ0v) is 7.58. The number of rotatable bonds is 2. The fourth-order valence-electron chi connectivity index (χ4n) is 1.45. The molecule has 0 amide bonds. The molecule has 0 radical (unpaired) electrons. The highest BCUT2D eigenvalue weighted by Crippen LogP contribution is 2.20. The van der Waals surface area contributed by atoms with Crippen molar-refractivity contribution >= 4 is 5.97 Å². The van der Waals surface area contributed by atoms with Crippen molar-refractivity contribution in [1.29, 1.82) is 5.26 Å². The van der Waals surface area contributed by atoms with Gasteiger partial charge in [0, 0.05) is 0 Å². The summed E-state index contributed by atoms with van der Waals surface area (Å²) in [6.07, 6.45) is 5.28. The highest BCUT2D eigenvalue weighted by Gasteiger charge is 2.18. The van der Waals surface area contributed by atoms with Gasteiger partial charge in [-0.1, -0.05) is 13.0 Å². The molecular weight excluding hydrogens is 166 g/mol. The van der Waals surface area contributed by atoms with E-state index in [1.54, 1.807) is 6.07 Å². The number of hydrogen-bond donors (Lipinski definition) is 0. The lowest BCUT2D eigenvalue weighted by molar-refractivity contribution is -0.145. The number of nitriles is 1. The van der Waals surface area contributed by atoms with Crippen molar-refractivity contribution in [2.75, 3.05) is 0 Å². The molecule has 0 spiro atoms. The van der Waals surface area contributed by atoms with E-state index in [0.29, 0.717) is 0 Å². The third-order valence-corrected chi connectivity index (χ3v) is 2.21. The van der Waals surface area contributed by atoms with E-state index in [-0.39, 0.29) is 11.7 Å². The van der Waals surface area contributed by atoms with Crippen LogP contribution in [0.2, 0.25) is 0 Å². The number of ether oxygens (including phenoxy) is 1. The summed E-state index contributed by atoms with van der Waals surface area (Å²) in [6.45, 7) is 3.30. The van der Waals surface area contributed by atoms with Crippen LogP contribution in [0.15, 0.2) is 12.2 Å². The normalized spacial score (nSPS) is 17.5. The summed E-state index contributed by atoms with van der Waals surface area (Å²) in [5.41, 5.74) is -0.106. The summed E-state index contributed by atoms with van der Waals surface area (Å²) in [7, 11) is 0. The Balaban J connectivity index is 2.35. The maximum atomic E-state index is 11.1. The highest BCUT2D eigenvalue weighted by molar-refractivity contribution is 5.92. The topological polar surface area (TPSA) is 50.1 Å². The Kier molecular flexibility index (Phi) is 3.51. The highest BCUT2D eigenvalue weighted by atomic mass is 16.5. The second-order valence-electron chi connectivity index (χ2n) is 3.26. The second-order valence-corrected chi connectivity index (χ2v) is 3.26. The Morgan fingerprint density at radius 1 is 1.38 bits per heavy atom. The van der Waals surface area contributed by atoms with Crippen LogP contribution in [-0.2, 0) is 9.53 Å². The van der Waals surface area contributed by atoms with E-state index in [4.69, 9.17) is 10.00 Å². The molecule has 3 heteroatoms. The summed E-state index contributed by atoms with van der Waals surface area (Å²) in [5.74, 6) is -0.561. The van der Waals surface area contributed by atoms with Gasteiger partial charge in [0.1, 0.15) is 17.7 Å². The minimum Gasteiger partial charge on any atom is -0.458 e. The maximum Gasteiger partial charge on any atom is 0.348 e. The fraction of sp³-hybridized carbons (Fsp3) is 0.600. The molecular formula is C10H13NO2. The van der Waals surface area contributed by atoms with E-state index in [9.17, 15) is 4.79 Å². The number of esters is 1. The molecule has 1 aliphatic rings. The molecule has 13 heavy (non-hydrogen) atoms. The number of carbonyl (C=O) groups is 1. The molecule has 0 unspecified atom stereocenters. The van der Waals surface area contributed by atoms with Gasteiger partial charge in [-0.05, 0) is 25.7 Å². The van der Waals surface area contributed by atoms with Crippen molar-refractivity contribution in [3.05, 3.63) is 12.2 Å². The van der Waals surface area contributed by atoms with Crippen LogP contribution in [0.3, 0.4) is 0 Å². The van der Waals surface area contributed by atoms with Gasteiger partial charge in [0.2, 0.25) is 0 Å². The third-order valence-electron chi connectivity index (χ3n) is 2.21. The lowest BCUT2D eigenvalue weighted by Gasteiger charge is -2.21. The molecule has 0 heterocycles. The van der Waals surface area contributed by atoms with Gasteiger partial charge < -0.3 is 4.74 Å². The summed E-state index contributed by atoms with van der Waals surface area (Å²) >= 11 is 0. The van der Waals surface area contributed by atoms with Crippen LogP contribution in [0.4, 0.5) is 0 Å². The average molecular weight is 179 g/mol. The molecule has 0 atom stereocenters. The number of hydrogen-bond acceptors (Lipinski definition) is 3. The largest absolute Gasteiger partial charge is 0.458 e. The standard InChI is InChI=1S/C10H13NO2/c1-8(7-11)10(12)13-9-5-3-2-4-6-9/h9H,1-6H2. The Morgan fingerprint density at radius 3 is 2.54 bits per heavy atom. The van der Waals surface area contributed by atoms with Gasteiger partial charge in [-0.15, -0.1) is 0 Å². The van der Waals surface area contributed by atoms with Crippen molar-refractivity contribution in [1.82, 2.24) is 0 Å². The molecule has 1 fully saturated rings. The van der Waals surface area contributed by atoms with Gasteiger partial charge in [-0.2, -0.15) is 5.26 Å². The van der Waals surface area contributed by atoms with Gasteiger partial charge in [0.05, 0.1) is 0 Å². The molecule has 0 aromatic carbocycles. The maximum absolute atomic E-state index is 11.1. The Labute approximate surface area is 78.0 Å². The van der Waals surface area contributed by atoms with Crippen LogP contribution >= 0.6 is 0 Å². The molecule has 0 aliphatic heterocycles. The second kappa shape index (κ2) is 4.66. The summed E-state index contributed by atoms with van der Waals surface area (Å²) in [5, 5.41) is 8.38. The first-order valence-corrected chi connectivity index (χ1v) is 4.54. The van der Waals surface area contributed by atoms with E-state index in [1.165, 1.54) is 6.42 Å². The molecule has 0 aromatic heterocycles. The summed E-state index contributed by atoms with van der Waals surface area (Å²) < 4.78 is 5.08. The van der Waals surface area contributed by atoms with Crippen molar-refractivity contribution in [3.63, 3.8) is 0 Å². The summed E-state index contributed by atoms with van der Waals surface area (Å²) in [6, 6.07) is 1.69. The smallest absolute Gasteiger partial charge is 0.348 e. The SMILES string of the molecule is C=C(C#N)C(=O)OC1CCCCC1. The van der Waals surface area contributed by atoms with E-state index in [0.717, 1.165) is 25.7 Å². The molecule has 1 rings (SSSR count). The Bertz CT molecular complexity index is 246. The van der Waals surface area contributed by atoms with Crippen LogP contribution in [0.5, 0.6) is 0 Å². The zero-order valence-electron chi connectivity index (χ0n) is 7.58. The molecule has 0 aromatic rings. The third kappa shape index (κ3) is 2.90. The van der Waals surface area contributed by atoms with E-state index >= 15 is 0 Å². The van der Waals surface area contributed by atoms with Crippen LogP contribution in [-0.4, -0.2) is 12.1 Å². The Morgan fingerprint density at radius 2 is 2.00 bits per heavy atom. The molecule has 0 saturated heterocycles. The van der Waals surface area contributed by atoms with E-state index in [2.05, 4.69) is 6.58 Å². The minimum atomic E-state index is -0.561. The van der Waals surface area contributed by atoms with Gasteiger partial charge in [-0.25, -0.2) is 4.79 Å². The molecule has 70 valence electrons. The zero-order chi connectivity index (χ0) is 9.68. The monoisotopic (exact) mass is 179 g/mol. The molecule has 0 N–H and O–H groups in total. The fourth-order valence-corrected chi connectivity index (χ4v) is 1.45. The van der Waals surface area contributed by atoms with Crippen molar-refractivity contribution in [2.24, 2.45) is 0 Å². The molecule has 3 nitrogen and oxygen atoms in total. The number of nitrogens with zero attached hydrogens (tertiary/aromatic N) is 1. The first kappa shape index (κ1) is 9.79. The molecule has 1 saturated carbocycles.